The van der Waals surface area contributed by atoms with Crippen molar-refractivity contribution in [2.24, 2.45) is 0 Å². The second-order valence-corrected chi connectivity index (χ2v) is 7.54. The van der Waals surface area contributed by atoms with E-state index in [1.807, 2.05) is 0 Å². The standard InChI is InChI=1S/C22H19ClFN3O4/c23-18-19(22(30)27(21(18)29)16-9-5-14(24)6-10-16)26-15-7-3-13(4-8-15)20(28)25-12-17-2-1-11-31-17/h3-10,17,26H,1-2,11-12H2,(H,25,28). The van der Waals surface area contributed by atoms with Gasteiger partial charge >= 0.3 is 0 Å². The Balaban J connectivity index is 1.42. The van der Waals surface area contributed by atoms with Crippen molar-refractivity contribution in [3.05, 3.63) is 70.6 Å². The van der Waals surface area contributed by atoms with Crippen LogP contribution >= 0.6 is 11.6 Å². The first-order chi connectivity index (χ1) is 14.9. The summed E-state index contributed by atoms with van der Waals surface area (Å²) in [4.78, 5) is 38.3. The number of hydrogen-bond acceptors (Lipinski definition) is 5. The summed E-state index contributed by atoms with van der Waals surface area (Å²) >= 11 is 6.09. The molecule has 0 aliphatic carbocycles. The van der Waals surface area contributed by atoms with E-state index in [4.69, 9.17) is 16.3 Å². The molecule has 2 aromatic rings. The third kappa shape index (κ3) is 4.45. The van der Waals surface area contributed by atoms with E-state index < -0.39 is 17.6 Å². The van der Waals surface area contributed by atoms with Gasteiger partial charge in [-0.15, -0.1) is 0 Å². The van der Waals surface area contributed by atoms with Crippen molar-refractivity contribution in [3.63, 3.8) is 0 Å². The van der Waals surface area contributed by atoms with Crippen LogP contribution in [0.4, 0.5) is 15.8 Å². The van der Waals surface area contributed by atoms with Crippen LogP contribution in [0.15, 0.2) is 59.3 Å². The van der Waals surface area contributed by atoms with Gasteiger partial charge in [0.2, 0.25) is 0 Å². The van der Waals surface area contributed by atoms with E-state index in [0.717, 1.165) is 36.5 Å². The molecule has 3 amide bonds. The molecule has 2 aromatic carbocycles. The van der Waals surface area contributed by atoms with E-state index in [1.165, 1.54) is 12.1 Å². The van der Waals surface area contributed by atoms with Gasteiger partial charge in [0.1, 0.15) is 16.5 Å². The minimum absolute atomic E-state index is 0.0499. The van der Waals surface area contributed by atoms with Crippen molar-refractivity contribution in [2.75, 3.05) is 23.4 Å². The average Bonchev–Trinajstić information content (AvgIpc) is 3.37. The lowest BCUT2D eigenvalue weighted by Gasteiger charge is -2.15. The number of nitrogens with one attached hydrogen (secondary N) is 2. The zero-order valence-corrected chi connectivity index (χ0v) is 17.1. The second-order valence-electron chi connectivity index (χ2n) is 7.16. The van der Waals surface area contributed by atoms with Crippen molar-refractivity contribution in [3.8, 4) is 0 Å². The van der Waals surface area contributed by atoms with Crippen LogP contribution in [0.5, 0.6) is 0 Å². The molecular weight excluding hydrogens is 425 g/mol. The van der Waals surface area contributed by atoms with E-state index in [-0.39, 0.29) is 28.4 Å². The number of nitrogens with zero attached hydrogens (tertiary/aromatic N) is 1. The molecular formula is C22H19ClFN3O4. The van der Waals surface area contributed by atoms with Crippen molar-refractivity contribution in [1.82, 2.24) is 5.32 Å². The van der Waals surface area contributed by atoms with Crippen molar-refractivity contribution >= 4 is 40.7 Å². The highest BCUT2D eigenvalue weighted by atomic mass is 35.5. The molecule has 0 bridgehead atoms. The summed E-state index contributed by atoms with van der Waals surface area (Å²) in [5.41, 5.74) is 1.05. The number of benzene rings is 2. The Morgan fingerprint density at radius 3 is 2.45 bits per heavy atom. The first-order valence-electron chi connectivity index (χ1n) is 9.75. The summed E-state index contributed by atoms with van der Waals surface area (Å²) in [6.45, 7) is 1.18. The predicted molar refractivity (Wildman–Crippen MR) is 113 cm³/mol. The molecule has 1 atom stereocenters. The minimum atomic E-state index is -0.703. The van der Waals surface area contributed by atoms with Crippen LogP contribution in [-0.2, 0) is 14.3 Å². The lowest BCUT2D eigenvalue weighted by molar-refractivity contribution is -0.120. The summed E-state index contributed by atoms with van der Waals surface area (Å²) in [6.07, 6.45) is 1.98. The molecule has 2 heterocycles. The highest BCUT2D eigenvalue weighted by Crippen LogP contribution is 2.30. The summed E-state index contributed by atoms with van der Waals surface area (Å²) in [7, 11) is 0. The van der Waals surface area contributed by atoms with Gasteiger partial charge in [0, 0.05) is 24.4 Å². The molecule has 31 heavy (non-hydrogen) atoms. The van der Waals surface area contributed by atoms with E-state index in [0.29, 0.717) is 17.8 Å². The summed E-state index contributed by atoms with van der Waals surface area (Å²) < 4.78 is 18.6. The van der Waals surface area contributed by atoms with Crippen LogP contribution in [-0.4, -0.2) is 37.0 Å². The molecule has 0 radical (unpaired) electrons. The van der Waals surface area contributed by atoms with Gasteiger partial charge in [0.15, 0.2) is 0 Å². The maximum Gasteiger partial charge on any atom is 0.283 e. The lowest BCUT2D eigenvalue weighted by Crippen LogP contribution is -2.32. The van der Waals surface area contributed by atoms with Gasteiger partial charge in [-0.25, -0.2) is 9.29 Å². The number of imide groups is 1. The monoisotopic (exact) mass is 443 g/mol. The first kappa shape index (κ1) is 21.0. The summed E-state index contributed by atoms with van der Waals surface area (Å²) in [5.74, 6) is -2.07. The Labute approximate surface area is 182 Å². The van der Waals surface area contributed by atoms with E-state index >= 15 is 0 Å². The minimum Gasteiger partial charge on any atom is -0.376 e. The summed E-state index contributed by atoms with van der Waals surface area (Å²) in [6, 6.07) is 11.4. The van der Waals surface area contributed by atoms with Crippen molar-refractivity contribution in [1.29, 1.82) is 0 Å². The van der Waals surface area contributed by atoms with Crippen LogP contribution in [0.3, 0.4) is 0 Å². The average molecular weight is 444 g/mol. The Morgan fingerprint density at radius 2 is 1.81 bits per heavy atom. The highest BCUT2D eigenvalue weighted by molar-refractivity contribution is 6.53. The van der Waals surface area contributed by atoms with Crippen molar-refractivity contribution in [2.45, 2.75) is 18.9 Å². The highest BCUT2D eigenvalue weighted by Gasteiger charge is 2.38. The molecule has 160 valence electrons. The summed E-state index contributed by atoms with van der Waals surface area (Å²) in [5, 5.41) is 5.40. The maximum atomic E-state index is 13.2. The van der Waals surface area contributed by atoms with Gasteiger partial charge < -0.3 is 15.4 Å². The molecule has 0 spiro atoms. The topological polar surface area (TPSA) is 87.7 Å². The van der Waals surface area contributed by atoms with Crippen LogP contribution in [0.25, 0.3) is 0 Å². The number of carbonyl (C=O) groups is 3. The SMILES string of the molecule is O=C(NCC1CCCO1)c1ccc(NC2=C(Cl)C(=O)N(c3ccc(F)cc3)C2=O)cc1. The molecule has 2 aliphatic rings. The molecule has 9 heteroatoms. The largest absolute Gasteiger partial charge is 0.376 e. The van der Waals surface area contributed by atoms with E-state index in [9.17, 15) is 18.8 Å². The molecule has 7 nitrogen and oxygen atoms in total. The van der Waals surface area contributed by atoms with Crippen LogP contribution < -0.4 is 15.5 Å². The third-order valence-corrected chi connectivity index (χ3v) is 5.39. The lowest BCUT2D eigenvalue weighted by atomic mass is 10.1. The number of rotatable bonds is 6. The smallest absolute Gasteiger partial charge is 0.283 e. The number of halogens is 2. The van der Waals surface area contributed by atoms with Gasteiger partial charge in [0.05, 0.1) is 11.8 Å². The Kier molecular flexibility index (Phi) is 6.01. The van der Waals surface area contributed by atoms with Crippen LogP contribution in [0, 0.1) is 5.82 Å². The molecule has 1 unspecified atom stereocenters. The Hall–Kier alpha value is -3.23. The fourth-order valence-corrected chi connectivity index (χ4v) is 3.61. The molecule has 0 aromatic heterocycles. The van der Waals surface area contributed by atoms with Crippen LogP contribution in [0.2, 0.25) is 0 Å². The number of ether oxygens (including phenoxy) is 1. The Bertz CT molecular complexity index is 1050. The third-order valence-electron chi connectivity index (χ3n) is 5.04. The zero-order chi connectivity index (χ0) is 22.0. The number of hydrogen-bond donors (Lipinski definition) is 2. The molecule has 4 rings (SSSR count). The van der Waals surface area contributed by atoms with Crippen molar-refractivity contribution < 1.29 is 23.5 Å². The van der Waals surface area contributed by atoms with E-state index in [2.05, 4.69) is 10.6 Å². The maximum absolute atomic E-state index is 13.2. The van der Waals surface area contributed by atoms with Gasteiger partial charge in [-0.1, -0.05) is 11.6 Å². The molecule has 1 fully saturated rings. The fourth-order valence-electron chi connectivity index (χ4n) is 3.40. The zero-order valence-electron chi connectivity index (χ0n) is 16.4. The molecule has 2 N–H and O–H groups in total. The Morgan fingerprint density at radius 1 is 1.10 bits per heavy atom. The van der Waals surface area contributed by atoms with Crippen LogP contribution in [0.1, 0.15) is 23.2 Å². The molecule has 2 aliphatic heterocycles. The molecule has 1 saturated heterocycles. The van der Waals surface area contributed by atoms with Gasteiger partial charge in [-0.2, -0.15) is 0 Å². The fraction of sp³-hybridized carbons (Fsp3) is 0.227. The van der Waals surface area contributed by atoms with Gasteiger partial charge in [0.25, 0.3) is 17.7 Å². The second kappa shape index (κ2) is 8.87. The normalized spacial score (nSPS) is 18.6. The van der Waals surface area contributed by atoms with Gasteiger partial charge in [-0.05, 0) is 61.4 Å². The van der Waals surface area contributed by atoms with E-state index in [1.54, 1.807) is 24.3 Å². The predicted octanol–water partition coefficient (Wildman–Crippen LogP) is 3.17. The number of amides is 3. The first-order valence-corrected chi connectivity index (χ1v) is 10.1. The quantitative estimate of drug-likeness (QED) is 0.669. The number of carbonyl (C=O) groups excluding carboxylic acids is 3. The molecule has 0 saturated carbocycles. The number of anilines is 2. The van der Waals surface area contributed by atoms with Gasteiger partial charge in [-0.3, -0.25) is 14.4 Å².